The van der Waals surface area contributed by atoms with Crippen molar-refractivity contribution in [2.45, 2.75) is 31.5 Å². The van der Waals surface area contributed by atoms with E-state index in [1.807, 2.05) is 0 Å². The molecule has 2 aliphatic heterocycles. The molecule has 2 heterocycles. The minimum Gasteiger partial charge on any atom is -0.347 e. The van der Waals surface area contributed by atoms with Crippen LogP contribution in [0.2, 0.25) is 0 Å². The van der Waals surface area contributed by atoms with Crippen molar-refractivity contribution in [2.24, 2.45) is 0 Å². The molecule has 2 rings (SSSR count). The van der Waals surface area contributed by atoms with Gasteiger partial charge in [-0.25, -0.2) is 0 Å². The Labute approximate surface area is 92.5 Å². The van der Waals surface area contributed by atoms with E-state index in [1.165, 1.54) is 4.90 Å². The van der Waals surface area contributed by atoms with Gasteiger partial charge in [0.25, 0.3) is 5.91 Å². The zero-order chi connectivity index (χ0) is 11.8. The number of ether oxygens (including phenoxy) is 2. The summed E-state index contributed by atoms with van der Waals surface area (Å²) in [6.45, 7) is 2.24. The van der Waals surface area contributed by atoms with Crippen molar-refractivity contribution in [1.29, 1.82) is 0 Å². The molecule has 0 atom stereocenters. The van der Waals surface area contributed by atoms with E-state index in [2.05, 4.69) is 0 Å². The lowest BCUT2D eigenvalue weighted by Gasteiger charge is -2.38. The number of halogens is 2. The highest BCUT2D eigenvalue weighted by Crippen LogP contribution is 2.32. The van der Waals surface area contributed by atoms with E-state index in [0.717, 1.165) is 0 Å². The molecule has 2 aliphatic rings. The van der Waals surface area contributed by atoms with E-state index in [0.29, 0.717) is 33.0 Å². The second-order valence-electron chi connectivity index (χ2n) is 4.29. The van der Waals surface area contributed by atoms with Crippen LogP contribution in [0.4, 0.5) is 8.78 Å². The second-order valence-corrected chi connectivity index (χ2v) is 4.29. The molecule has 2 fully saturated rings. The highest BCUT2D eigenvalue weighted by Gasteiger charge is 2.44. The number of carbonyl (C=O) groups excluding carboxylic acids is 1. The molecule has 0 aromatic rings. The number of nitrogens with zero attached hydrogens (tertiary/aromatic N) is 1. The molecule has 4 nitrogen and oxygen atoms in total. The average Bonchev–Trinajstić information content (AvgIpc) is 2.66. The van der Waals surface area contributed by atoms with Crippen LogP contribution in [0, 0.1) is 0 Å². The maximum Gasteiger partial charge on any atom is 0.322 e. The van der Waals surface area contributed by atoms with Crippen molar-refractivity contribution in [1.82, 2.24) is 4.90 Å². The Balaban J connectivity index is 1.92. The van der Waals surface area contributed by atoms with Gasteiger partial charge in [-0.05, 0) is 0 Å². The Kier molecular flexibility index (Phi) is 2.88. The number of hydrogen-bond donors (Lipinski definition) is 0. The number of alkyl halides is 2. The predicted octanol–water partition coefficient (Wildman–Crippen LogP) is 1.01. The van der Waals surface area contributed by atoms with E-state index in [4.69, 9.17) is 9.47 Å². The van der Waals surface area contributed by atoms with Crippen LogP contribution in [0.5, 0.6) is 0 Å². The number of piperidine rings is 1. The first-order chi connectivity index (χ1) is 7.43. The third-order valence-electron chi connectivity index (χ3n) is 3.00. The maximum absolute atomic E-state index is 12.8. The van der Waals surface area contributed by atoms with Gasteiger partial charge >= 0.3 is 5.92 Å². The zero-order valence-corrected chi connectivity index (χ0v) is 9.17. The van der Waals surface area contributed by atoms with Crippen LogP contribution in [0.25, 0.3) is 0 Å². The summed E-state index contributed by atoms with van der Waals surface area (Å²) in [5.74, 6) is -5.03. The third kappa shape index (κ3) is 2.17. The number of amides is 1. The molecular formula is C10H15F2NO3. The lowest BCUT2D eigenvalue weighted by atomic mass is 10.0. The number of carbonyl (C=O) groups is 1. The number of rotatable bonds is 1. The van der Waals surface area contributed by atoms with Crippen LogP contribution in [-0.2, 0) is 14.3 Å². The zero-order valence-electron chi connectivity index (χ0n) is 9.17. The Hall–Kier alpha value is -0.750. The molecule has 1 amide bonds. The van der Waals surface area contributed by atoms with Gasteiger partial charge in [0, 0.05) is 32.9 Å². The highest BCUT2D eigenvalue weighted by molar-refractivity contribution is 5.83. The summed E-state index contributed by atoms with van der Waals surface area (Å²) >= 11 is 0. The third-order valence-corrected chi connectivity index (χ3v) is 3.00. The van der Waals surface area contributed by atoms with Crippen LogP contribution in [0.1, 0.15) is 19.8 Å². The van der Waals surface area contributed by atoms with E-state index in [1.54, 1.807) is 0 Å². The van der Waals surface area contributed by atoms with Crippen molar-refractivity contribution in [3.05, 3.63) is 0 Å². The van der Waals surface area contributed by atoms with Crippen molar-refractivity contribution >= 4 is 5.91 Å². The highest BCUT2D eigenvalue weighted by atomic mass is 19.3. The molecule has 2 saturated heterocycles. The Morgan fingerprint density at radius 2 is 1.75 bits per heavy atom. The Bertz CT molecular complexity index is 274. The molecule has 1 spiro atoms. The molecule has 0 saturated carbocycles. The molecule has 0 aromatic heterocycles. The van der Waals surface area contributed by atoms with Gasteiger partial charge < -0.3 is 14.4 Å². The van der Waals surface area contributed by atoms with Crippen molar-refractivity contribution < 1.29 is 23.0 Å². The summed E-state index contributed by atoms with van der Waals surface area (Å²) in [7, 11) is 0. The van der Waals surface area contributed by atoms with Gasteiger partial charge in [-0.15, -0.1) is 0 Å². The van der Waals surface area contributed by atoms with E-state index in [9.17, 15) is 13.6 Å². The van der Waals surface area contributed by atoms with Gasteiger partial charge in [0.15, 0.2) is 5.79 Å². The van der Waals surface area contributed by atoms with Gasteiger partial charge in [0.1, 0.15) is 0 Å². The quantitative estimate of drug-likeness (QED) is 0.680. The Morgan fingerprint density at radius 3 is 2.19 bits per heavy atom. The summed E-state index contributed by atoms with van der Waals surface area (Å²) in [4.78, 5) is 12.5. The van der Waals surface area contributed by atoms with Crippen LogP contribution >= 0.6 is 0 Å². The SMILES string of the molecule is CC(F)(F)C(=O)N1CCC2(CC1)OCCO2. The maximum atomic E-state index is 12.8. The van der Waals surface area contributed by atoms with E-state index >= 15 is 0 Å². The van der Waals surface area contributed by atoms with Crippen LogP contribution in [0.15, 0.2) is 0 Å². The van der Waals surface area contributed by atoms with Crippen molar-refractivity contribution in [3.8, 4) is 0 Å². The van der Waals surface area contributed by atoms with E-state index < -0.39 is 17.6 Å². The van der Waals surface area contributed by atoms with Gasteiger partial charge in [0.2, 0.25) is 0 Å². The molecule has 0 bridgehead atoms. The summed E-state index contributed by atoms with van der Waals surface area (Å²) in [5.41, 5.74) is 0. The van der Waals surface area contributed by atoms with Crippen molar-refractivity contribution in [2.75, 3.05) is 26.3 Å². The predicted molar refractivity (Wildman–Crippen MR) is 51.1 cm³/mol. The van der Waals surface area contributed by atoms with Gasteiger partial charge in [-0.3, -0.25) is 4.79 Å². The molecule has 16 heavy (non-hydrogen) atoms. The number of hydrogen-bond acceptors (Lipinski definition) is 3. The summed E-state index contributed by atoms with van der Waals surface area (Å²) in [6, 6.07) is 0. The monoisotopic (exact) mass is 235 g/mol. The topological polar surface area (TPSA) is 38.8 Å². The molecule has 92 valence electrons. The molecule has 0 aromatic carbocycles. The first kappa shape index (κ1) is 11.7. The molecule has 6 heteroatoms. The minimum absolute atomic E-state index is 0.266. The lowest BCUT2D eigenvalue weighted by Crippen LogP contribution is -2.51. The van der Waals surface area contributed by atoms with Gasteiger partial charge in [-0.1, -0.05) is 0 Å². The molecule has 0 aliphatic carbocycles. The first-order valence-electron chi connectivity index (χ1n) is 5.38. The van der Waals surface area contributed by atoms with Crippen LogP contribution in [0.3, 0.4) is 0 Å². The molecule has 0 unspecified atom stereocenters. The number of likely N-dealkylation sites (tertiary alicyclic amines) is 1. The van der Waals surface area contributed by atoms with Gasteiger partial charge in [-0.2, -0.15) is 8.78 Å². The lowest BCUT2D eigenvalue weighted by molar-refractivity contribution is -0.193. The summed E-state index contributed by atoms with van der Waals surface area (Å²) in [5, 5.41) is 0. The van der Waals surface area contributed by atoms with E-state index in [-0.39, 0.29) is 13.1 Å². The summed E-state index contributed by atoms with van der Waals surface area (Å²) in [6.07, 6.45) is 0.934. The fourth-order valence-corrected chi connectivity index (χ4v) is 2.11. The standard InChI is InChI=1S/C10H15F2NO3/c1-9(11,12)8(14)13-4-2-10(3-5-13)15-6-7-16-10/h2-7H2,1H3. The molecule has 0 N–H and O–H groups in total. The molecule has 0 radical (unpaired) electrons. The fourth-order valence-electron chi connectivity index (χ4n) is 2.11. The average molecular weight is 235 g/mol. The minimum atomic E-state index is -3.29. The normalized spacial score (nSPS) is 25.1. The largest absolute Gasteiger partial charge is 0.347 e. The Morgan fingerprint density at radius 1 is 1.25 bits per heavy atom. The summed E-state index contributed by atoms with van der Waals surface area (Å²) < 4.78 is 36.5. The van der Waals surface area contributed by atoms with Crippen LogP contribution in [-0.4, -0.2) is 48.8 Å². The smallest absolute Gasteiger partial charge is 0.322 e. The van der Waals surface area contributed by atoms with Gasteiger partial charge in [0.05, 0.1) is 13.2 Å². The second kappa shape index (κ2) is 3.92. The fraction of sp³-hybridized carbons (Fsp3) is 0.900. The first-order valence-corrected chi connectivity index (χ1v) is 5.38. The van der Waals surface area contributed by atoms with Crippen molar-refractivity contribution in [3.63, 3.8) is 0 Å². The van der Waals surface area contributed by atoms with Crippen LogP contribution < -0.4 is 0 Å². The molecular weight excluding hydrogens is 220 g/mol.